The van der Waals surface area contributed by atoms with E-state index in [1.54, 1.807) is 0 Å². The second-order valence-corrected chi connectivity index (χ2v) is 7.83. The molecule has 2 heterocycles. The van der Waals surface area contributed by atoms with E-state index in [9.17, 15) is 9.59 Å². The fourth-order valence-corrected chi connectivity index (χ4v) is 4.33. The number of nitrogens with one attached hydrogen (secondary N) is 1. The fourth-order valence-electron chi connectivity index (χ4n) is 4.33. The summed E-state index contributed by atoms with van der Waals surface area (Å²) in [5.41, 5.74) is 6.55. The van der Waals surface area contributed by atoms with Gasteiger partial charge in [-0.05, 0) is 44.2 Å². The van der Waals surface area contributed by atoms with E-state index in [1.165, 1.54) is 5.56 Å². The Labute approximate surface area is 162 Å². The predicted molar refractivity (Wildman–Crippen MR) is 106 cm³/mol. The van der Waals surface area contributed by atoms with Crippen LogP contribution in [0.4, 0.5) is 0 Å². The summed E-state index contributed by atoms with van der Waals surface area (Å²) in [5, 5.41) is 3.13. The number of likely N-dealkylation sites (tertiary alicyclic amines) is 2. The summed E-state index contributed by atoms with van der Waals surface area (Å²) in [4.78, 5) is 28.3. The molecule has 27 heavy (non-hydrogen) atoms. The van der Waals surface area contributed by atoms with E-state index in [4.69, 9.17) is 5.73 Å². The van der Waals surface area contributed by atoms with Crippen molar-refractivity contribution in [1.29, 1.82) is 0 Å². The number of nitrogens with two attached hydrogens (primary N) is 1. The first-order valence-corrected chi connectivity index (χ1v) is 10.2. The lowest BCUT2D eigenvalue weighted by atomic mass is 9.93. The Bertz CT molecular complexity index is 614. The lowest BCUT2D eigenvalue weighted by Crippen LogP contribution is -2.51. The van der Waals surface area contributed by atoms with Gasteiger partial charge >= 0.3 is 0 Å². The van der Waals surface area contributed by atoms with Gasteiger partial charge in [0, 0.05) is 32.2 Å². The van der Waals surface area contributed by atoms with Crippen molar-refractivity contribution in [3.8, 4) is 0 Å². The number of hydrogen-bond acceptors (Lipinski definition) is 4. The van der Waals surface area contributed by atoms with E-state index < -0.39 is 0 Å². The Kier molecular flexibility index (Phi) is 7.24. The van der Waals surface area contributed by atoms with E-state index in [-0.39, 0.29) is 17.7 Å². The van der Waals surface area contributed by atoms with Crippen molar-refractivity contribution in [1.82, 2.24) is 15.1 Å². The number of primary amides is 1. The number of hydrogen-bond donors (Lipinski definition) is 2. The van der Waals surface area contributed by atoms with Crippen molar-refractivity contribution in [2.45, 2.75) is 38.1 Å². The van der Waals surface area contributed by atoms with Gasteiger partial charge in [0.2, 0.25) is 11.8 Å². The molecule has 6 heteroatoms. The van der Waals surface area contributed by atoms with Crippen LogP contribution in [0.15, 0.2) is 30.3 Å². The number of carbonyl (C=O) groups is 2. The normalized spacial score (nSPS) is 22.4. The van der Waals surface area contributed by atoms with E-state index in [0.717, 1.165) is 58.3 Å². The monoisotopic (exact) mass is 372 g/mol. The quantitative estimate of drug-likeness (QED) is 0.749. The molecule has 2 saturated heterocycles. The van der Waals surface area contributed by atoms with Crippen LogP contribution in [-0.2, 0) is 16.0 Å². The minimum atomic E-state index is -0.251. The van der Waals surface area contributed by atoms with Crippen molar-refractivity contribution < 1.29 is 9.59 Å². The van der Waals surface area contributed by atoms with Crippen molar-refractivity contribution in [2.75, 3.05) is 39.3 Å². The third-order valence-corrected chi connectivity index (χ3v) is 5.83. The predicted octanol–water partition coefficient (Wildman–Crippen LogP) is 1.01. The highest BCUT2D eigenvalue weighted by Gasteiger charge is 2.31. The molecule has 1 aromatic carbocycles. The number of benzene rings is 1. The highest BCUT2D eigenvalue weighted by molar-refractivity contribution is 5.79. The number of carbonyl (C=O) groups excluding carboxylic acids is 2. The number of piperidine rings is 2. The largest absolute Gasteiger partial charge is 0.369 e. The van der Waals surface area contributed by atoms with Crippen LogP contribution in [0, 0.1) is 5.92 Å². The van der Waals surface area contributed by atoms with E-state index in [0.29, 0.717) is 19.1 Å². The molecule has 0 saturated carbocycles. The average Bonchev–Trinajstić information content (AvgIpc) is 2.69. The summed E-state index contributed by atoms with van der Waals surface area (Å²) in [7, 11) is 0. The topological polar surface area (TPSA) is 78.7 Å². The van der Waals surface area contributed by atoms with Gasteiger partial charge in [-0.3, -0.25) is 19.4 Å². The van der Waals surface area contributed by atoms with Gasteiger partial charge in [0.1, 0.15) is 0 Å². The maximum absolute atomic E-state index is 12.6. The van der Waals surface area contributed by atoms with Gasteiger partial charge in [0.25, 0.3) is 0 Å². The number of amides is 2. The maximum Gasteiger partial charge on any atom is 0.231 e. The molecule has 1 aromatic rings. The SMILES string of the molecule is NC(=O)CN1CCC(N2CCC[C@H](C(=O)NCCc3ccccc3)C2)CC1. The number of rotatable bonds is 7. The van der Waals surface area contributed by atoms with Crippen LogP contribution in [0.2, 0.25) is 0 Å². The fraction of sp³-hybridized carbons (Fsp3) is 0.619. The van der Waals surface area contributed by atoms with E-state index in [2.05, 4.69) is 27.2 Å². The summed E-state index contributed by atoms with van der Waals surface area (Å²) in [6, 6.07) is 10.8. The molecule has 0 unspecified atom stereocenters. The van der Waals surface area contributed by atoms with Crippen LogP contribution >= 0.6 is 0 Å². The lowest BCUT2D eigenvalue weighted by Gasteiger charge is -2.41. The molecule has 2 amide bonds. The maximum atomic E-state index is 12.6. The smallest absolute Gasteiger partial charge is 0.231 e. The Morgan fingerprint density at radius 1 is 1.07 bits per heavy atom. The van der Waals surface area contributed by atoms with Crippen LogP contribution in [-0.4, -0.2) is 66.9 Å². The zero-order valence-corrected chi connectivity index (χ0v) is 16.1. The van der Waals surface area contributed by atoms with Crippen LogP contribution in [0.1, 0.15) is 31.2 Å². The molecule has 0 aromatic heterocycles. The molecule has 2 aliphatic heterocycles. The highest BCUT2D eigenvalue weighted by atomic mass is 16.2. The van der Waals surface area contributed by atoms with Crippen LogP contribution in [0.3, 0.4) is 0 Å². The minimum absolute atomic E-state index is 0.0955. The average molecular weight is 373 g/mol. The van der Waals surface area contributed by atoms with Crippen molar-refractivity contribution in [2.24, 2.45) is 11.7 Å². The van der Waals surface area contributed by atoms with E-state index >= 15 is 0 Å². The van der Waals surface area contributed by atoms with Gasteiger partial charge in [-0.2, -0.15) is 0 Å². The molecule has 1 atom stereocenters. The van der Waals surface area contributed by atoms with Crippen molar-refractivity contribution in [3.05, 3.63) is 35.9 Å². The van der Waals surface area contributed by atoms with Crippen LogP contribution in [0.25, 0.3) is 0 Å². The van der Waals surface area contributed by atoms with Gasteiger partial charge in [0.05, 0.1) is 12.5 Å². The summed E-state index contributed by atoms with van der Waals surface area (Å²) < 4.78 is 0. The first-order chi connectivity index (χ1) is 13.1. The molecule has 3 N–H and O–H groups in total. The molecular formula is C21H32N4O2. The van der Waals surface area contributed by atoms with Gasteiger partial charge in [0.15, 0.2) is 0 Å². The molecule has 2 fully saturated rings. The Balaban J connectivity index is 1.41. The molecule has 3 rings (SSSR count). The third kappa shape index (κ3) is 6.04. The molecule has 0 spiro atoms. The molecule has 0 bridgehead atoms. The Morgan fingerprint density at radius 2 is 1.81 bits per heavy atom. The standard InChI is InChI=1S/C21H32N4O2/c22-20(26)16-24-13-9-19(10-14-24)25-12-4-7-18(15-25)21(27)23-11-8-17-5-2-1-3-6-17/h1-3,5-6,18-19H,4,7-16H2,(H2,22,26)(H,23,27)/t18-/m0/s1. The molecular weight excluding hydrogens is 340 g/mol. The molecule has 0 aliphatic carbocycles. The zero-order valence-electron chi connectivity index (χ0n) is 16.1. The van der Waals surface area contributed by atoms with Gasteiger partial charge < -0.3 is 11.1 Å². The molecule has 2 aliphatic rings. The summed E-state index contributed by atoms with van der Waals surface area (Å²) >= 11 is 0. The van der Waals surface area contributed by atoms with Crippen molar-refractivity contribution >= 4 is 11.8 Å². The third-order valence-electron chi connectivity index (χ3n) is 5.83. The first-order valence-electron chi connectivity index (χ1n) is 10.2. The number of nitrogens with zero attached hydrogens (tertiary/aromatic N) is 2. The Hall–Kier alpha value is -1.92. The Morgan fingerprint density at radius 3 is 2.52 bits per heavy atom. The minimum Gasteiger partial charge on any atom is -0.369 e. The summed E-state index contributed by atoms with van der Waals surface area (Å²) in [6.07, 6.45) is 5.04. The first kappa shape index (κ1) is 19.8. The summed E-state index contributed by atoms with van der Waals surface area (Å²) in [6.45, 7) is 4.83. The van der Waals surface area contributed by atoms with E-state index in [1.807, 2.05) is 18.2 Å². The lowest BCUT2D eigenvalue weighted by molar-refractivity contribution is -0.127. The second-order valence-electron chi connectivity index (χ2n) is 7.83. The molecule has 0 radical (unpaired) electrons. The van der Waals surface area contributed by atoms with Gasteiger partial charge in [-0.1, -0.05) is 30.3 Å². The van der Waals surface area contributed by atoms with Gasteiger partial charge in [-0.25, -0.2) is 0 Å². The van der Waals surface area contributed by atoms with Crippen LogP contribution < -0.4 is 11.1 Å². The zero-order chi connectivity index (χ0) is 19.1. The molecule has 6 nitrogen and oxygen atoms in total. The second kappa shape index (κ2) is 9.85. The molecule has 148 valence electrons. The van der Waals surface area contributed by atoms with Crippen molar-refractivity contribution in [3.63, 3.8) is 0 Å². The van der Waals surface area contributed by atoms with Gasteiger partial charge in [-0.15, -0.1) is 0 Å². The van der Waals surface area contributed by atoms with Crippen LogP contribution in [0.5, 0.6) is 0 Å². The highest BCUT2D eigenvalue weighted by Crippen LogP contribution is 2.24. The summed E-state index contributed by atoms with van der Waals surface area (Å²) in [5.74, 6) is 0.0404.